The standard InChI is InChI=1S/C13H17NO/c1-8-4-9(2)13(10(3)5-8)11-6-12(15)14-7-11/h4-5,11H,6-7H2,1-3H3,(H,14,15). The predicted molar refractivity (Wildman–Crippen MR) is 61.0 cm³/mol. The van der Waals surface area contributed by atoms with Gasteiger partial charge in [-0.3, -0.25) is 4.79 Å². The second-order valence-corrected chi connectivity index (χ2v) is 4.52. The summed E-state index contributed by atoms with van der Waals surface area (Å²) in [6.07, 6.45) is 0.644. The molecule has 1 unspecified atom stereocenters. The molecule has 1 atom stereocenters. The average Bonchev–Trinajstić information content (AvgIpc) is 2.49. The second kappa shape index (κ2) is 3.69. The van der Waals surface area contributed by atoms with E-state index >= 15 is 0 Å². The number of rotatable bonds is 1. The SMILES string of the molecule is Cc1cc(C)c(C2CNC(=O)C2)c(C)c1. The van der Waals surface area contributed by atoms with Gasteiger partial charge in [-0.25, -0.2) is 0 Å². The van der Waals surface area contributed by atoms with E-state index in [1.54, 1.807) is 0 Å². The van der Waals surface area contributed by atoms with E-state index in [2.05, 4.69) is 38.2 Å². The van der Waals surface area contributed by atoms with Crippen LogP contribution in [-0.4, -0.2) is 12.5 Å². The number of hydrogen-bond donors (Lipinski definition) is 1. The molecule has 2 rings (SSSR count). The summed E-state index contributed by atoms with van der Waals surface area (Å²) in [6, 6.07) is 4.40. The minimum atomic E-state index is 0.180. The number of amides is 1. The molecule has 80 valence electrons. The molecule has 0 radical (unpaired) electrons. The van der Waals surface area contributed by atoms with Gasteiger partial charge in [0.1, 0.15) is 0 Å². The Bertz CT molecular complexity index is 386. The summed E-state index contributed by atoms with van der Waals surface area (Å²) in [5.41, 5.74) is 5.29. The zero-order valence-corrected chi connectivity index (χ0v) is 9.55. The molecule has 0 bridgehead atoms. The third-order valence-electron chi connectivity index (χ3n) is 3.12. The van der Waals surface area contributed by atoms with Gasteiger partial charge in [0.2, 0.25) is 5.91 Å². The van der Waals surface area contributed by atoms with Gasteiger partial charge in [0.25, 0.3) is 0 Å². The Hall–Kier alpha value is -1.31. The summed E-state index contributed by atoms with van der Waals surface area (Å²) in [5, 5.41) is 2.90. The average molecular weight is 203 g/mol. The maximum atomic E-state index is 11.2. The highest BCUT2D eigenvalue weighted by Crippen LogP contribution is 2.29. The molecule has 1 heterocycles. The topological polar surface area (TPSA) is 29.1 Å². The molecule has 1 fully saturated rings. The van der Waals surface area contributed by atoms with Crippen LogP contribution in [0.15, 0.2) is 12.1 Å². The monoisotopic (exact) mass is 203 g/mol. The smallest absolute Gasteiger partial charge is 0.220 e. The van der Waals surface area contributed by atoms with Gasteiger partial charge in [0.15, 0.2) is 0 Å². The van der Waals surface area contributed by atoms with Crippen molar-refractivity contribution in [2.75, 3.05) is 6.54 Å². The summed E-state index contributed by atoms with van der Waals surface area (Å²) >= 11 is 0. The van der Waals surface area contributed by atoms with E-state index in [1.807, 2.05) is 0 Å². The highest BCUT2D eigenvalue weighted by molar-refractivity contribution is 5.79. The van der Waals surface area contributed by atoms with E-state index in [0.717, 1.165) is 6.54 Å². The fraction of sp³-hybridized carbons (Fsp3) is 0.462. The van der Waals surface area contributed by atoms with Crippen molar-refractivity contribution in [2.24, 2.45) is 0 Å². The molecule has 0 aromatic heterocycles. The van der Waals surface area contributed by atoms with Gasteiger partial charge in [0, 0.05) is 18.9 Å². The van der Waals surface area contributed by atoms with E-state index in [4.69, 9.17) is 0 Å². The Morgan fingerprint density at radius 1 is 1.20 bits per heavy atom. The normalized spacial score (nSPS) is 20.5. The second-order valence-electron chi connectivity index (χ2n) is 4.52. The highest BCUT2D eigenvalue weighted by Gasteiger charge is 2.25. The van der Waals surface area contributed by atoms with E-state index < -0.39 is 0 Å². The minimum absolute atomic E-state index is 0.180. The first-order valence-electron chi connectivity index (χ1n) is 5.42. The maximum absolute atomic E-state index is 11.2. The van der Waals surface area contributed by atoms with Gasteiger partial charge in [-0.1, -0.05) is 17.7 Å². The number of carbonyl (C=O) groups excluding carboxylic acids is 1. The molecule has 1 aromatic rings. The molecule has 0 aliphatic carbocycles. The Kier molecular flexibility index (Phi) is 2.51. The van der Waals surface area contributed by atoms with Crippen molar-refractivity contribution >= 4 is 5.91 Å². The molecule has 1 aliphatic heterocycles. The Labute approximate surface area is 90.7 Å². The molecule has 0 saturated carbocycles. The van der Waals surface area contributed by atoms with Crippen molar-refractivity contribution in [3.63, 3.8) is 0 Å². The maximum Gasteiger partial charge on any atom is 0.220 e. The molecule has 1 saturated heterocycles. The van der Waals surface area contributed by atoms with Crippen molar-refractivity contribution in [1.29, 1.82) is 0 Å². The van der Waals surface area contributed by atoms with Crippen molar-refractivity contribution in [1.82, 2.24) is 5.32 Å². The van der Waals surface area contributed by atoms with Gasteiger partial charge < -0.3 is 5.32 Å². The van der Waals surface area contributed by atoms with Crippen LogP contribution in [0.5, 0.6) is 0 Å². The lowest BCUT2D eigenvalue weighted by molar-refractivity contribution is -0.119. The number of hydrogen-bond acceptors (Lipinski definition) is 1. The zero-order chi connectivity index (χ0) is 11.0. The van der Waals surface area contributed by atoms with Gasteiger partial charge in [-0.15, -0.1) is 0 Å². The van der Waals surface area contributed by atoms with Gasteiger partial charge in [-0.2, -0.15) is 0 Å². The quantitative estimate of drug-likeness (QED) is 0.745. The molecule has 1 aromatic carbocycles. The van der Waals surface area contributed by atoms with E-state index in [1.165, 1.54) is 22.3 Å². The number of benzene rings is 1. The lowest BCUT2D eigenvalue weighted by Crippen LogP contribution is -2.14. The third-order valence-corrected chi connectivity index (χ3v) is 3.12. The first-order chi connectivity index (χ1) is 7.08. The van der Waals surface area contributed by atoms with Gasteiger partial charge >= 0.3 is 0 Å². The Morgan fingerprint density at radius 3 is 2.27 bits per heavy atom. The van der Waals surface area contributed by atoms with Crippen LogP contribution in [0.2, 0.25) is 0 Å². The fourth-order valence-corrected chi connectivity index (χ4v) is 2.64. The molecular formula is C13H17NO. The summed E-state index contributed by atoms with van der Waals surface area (Å²) < 4.78 is 0. The fourth-order valence-electron chi connectivity index (χ4n) is 2.64. The van der Waals surface area contributed by atoms with Crippen LogP contribution >= 0.6 is 0 Å². The van der Waals surface area contributed by atoms with Crippen LogP contribution in [0, 0.1) is 20.8 Å². The van der Waals surface area contributed by atoms with Gasteiger partial charge in [0.05, 0.1) is 0 Å². The molecular weight excluding hydrogens is 186 g/mol. The van der Waals surface area contributed by atoms with Crippen LogP contribution in [-0.2, 0) is 4.79 Å². The number of nitrogens with one attached hydrogen (secondary N) is 1. The van der Waals surface area contributed by atoms with Crippen LogP contribution in [0.25, 0.3) is 0 Å². The van der Waals surface area contributed by atoms with Crippen LogP contribution in [0.1, 0.15) is 34.6 Å². The van der Waals surface area contributed by atoms with Crippen LogP contribution in [0.3, 0.4) is 0 Å². The number of aryl methyl sites for hydroxylation is 3. The summed E-state index contributed by atoms with van der Waals surface area (Å²) in [5.74, 6) is 0.553. The van der Waals surface area contributed by atoms with Crippen molar-refractivity contribution in [3.8, 4) is 0 Å². The summed E-state index contributed by atoms with van der Waals surface area (Å²) in [6.45, 7) is 7.18. The Morgan fingerprint density at radius 2 is 1.80 bits per heavy atom. The molecule has 1 amide bonds. The van der Waals surface area contributed by atoms with Gasteiger partial charge in [-0.05, 0) is 37.5 Å². The van der Waals surface area contributed by atoms with Crippen LogP contribution < -0.4 is 5.32 Å². The number of carbonyl (C=O) groups is 1. The first-order valence-corrected chi connectivity index (χ1v) is 5.42. The molecule has 2 heteroatoms. The summed E-state index contributed by atoms with van der Waals surface area (Å²) in [7, 11) is 0. The van der Waals surface area contributed by atoms with E-state index in [0.29, 0.717) is 12.3 Å². The molecule has 2 nitrogen and oxygen atoms in total. The van der Waals surface area contributed by atoms with Crippen molar-refractivity contribution in [3.05, 3.63) is 34.4 Å². The first kappa shape index (κ1) is 10.2. The molecule has 15 heavy (non-hydrogen) atoms. The van der Waals surface area contributed by atoms with E-state index in [9.17, 15) is 4.79 Å². The van der Waals surface area contributed by atoms with Crippen molar-refractivity contribution < 1.29 is 4.79 Å². The lowest BCUT2D eigenvalue weighted by atomic mass is 9.89. The molecule has 1 N–H and O–H groups in total. The summed E-state index contributed by atoms with van der Waals surface area (Å²) in [4.78, 5) is 11.2. The predicted octanol–water partition coefficient (Wildman–Crippen LogP) is 2.22. The lowest BCUT2D eigenvalue weighted by Gasteiger charge is -2.15. The molecule has 0 spiro atoms. The van der Waals surface area contributed by atoms with E-state index in [-0.39, 0.29) is 5.91 Å². The van der Waals surface area contributed by atoms with Crippen LogP contribution in [0.4, 0.5) is 0 Å². The third kappa shape index (κ3) is 1.89. The minimum Gasteiger partial charge on any atom is -0.355 e. The largest absolute Gasteiger partial charge is 0.355 e. The molecule has 1 aliphatic rings. The highest BCUT2D eigenvalue weighted by atomic mass is 16.1. The zero-order valence-electron chi connectivity index (χ0n) is 9.55. The Balaban J connectivity index is 2.39. The van der Waals surface area contributed by atoms with Crippen molar-refractivity contribution in [2.45, 2.75) is 33.1 Å².